The number of hydrogen-bond donors (Lipinski definition) is 1. The standard InChI is InChI=1S/C15H21NO3S/c1-15(8-2-3-10-20(15,17)18)11-19-14-6-4-5-13-12(14)7-9-16-13/h4-6,16H,2-3,7-11H2,1H3. The van der Waals surface area contributed by atoms with Crippen LogP contribution < -0.4 is 10.1 Å². The fourth-order valence-corrected chi connectivity index (χ4v) is 4.80. The van der Waals surface area contributed by atoms with E-state index in [0.717, 1.165) is 37.2 Å². The van der Waals surface area contributed by atoms with Gasteiger partial charge in [-0.25, -0.2) is 8.42 Å². The molecule has 1 aromatic carbocycles. The van der Waals surface area contributed by atoms with Crippen molar-refractivity contribution in [3.05, 3.63) is 23.8 Å². The van der Waals surface area contributed by atoms with E-state index in [1.807, 2.05) is 25.1 Å². The van der Waals surface area contributed by atoms with Gasteiger partial charge in [0.05, 0.1) is 5.75 Å². The van der Waals surface area contributed by atoms with Crippen molar-refractivity contribution in [2.24, 2.45) is 0 Å². The monoisotopic (exact) mass is 295 g/mol. The van der Waals surface area contributed by atoms with Crippen molar-refractivity contribution < 1.29 is 13.2 Å². The molecule has 1 N–H and O–H groups in total. The average molecular weight is 295 g/mol. The molecule has 0 aromatic heterocycles. The summed E-state index contributed by atoms with van der Waals surface area (Å²) in [5, 5.41) is 3.31. The smallest absolute Gasteiger partial charge is 0.159 e. The van der Waals surface area contributed by atoms with Crippen molar-refractivity contribution in [1.82, 2.24) is 0 Å². The molecule has 0 aliphatic carbocycles. The van der Waals surface area contributed by atoms with E-state index in [2.05, 4.69) is 5.32 Å². The molecule has 2 aliphatic heterocycles. The van der Waals surface area contributed by atoms with Crippen molar-refractivity contribution in [2.45, 2.75) is 37.4 Å². The van der Waals surface area contributed by atoms with Crippen molar-refractivity contribution in [1.29, 1.82) is 0 Å². The summed E-state index contributed by atoms with van der Waals surface area (Å²) in [6.07, 6.45) is 3.38. The van der Waals surface area contributed by atoms with E-state index in [0.29, 0.717) is 12.2 Å². The Kier molecular flexibility index (Phi) is 3.40. The maximum Gasteiger partial charge on any atom is 0.159 e. The van der Waals surface area contributed by atoms with Gasteiger partial charge in [-0.05, 0) is 38.3 Å². The van der Waals surface area contributed by atoms with Crippen LogP contribution in [0.1, 0.15) is 31.7 Å². The van der Waals surface area contributed by atoms with Crippen LogP contribution in [0.5, 0.6) is 5.75 Å². The van der Waals surface area contributed by atoms with Crippen LogP contribution in [0.4, 0.5) is 5.69 Å². The van der Waals surface area contributed by atoms with Gasteiger partial charge < -0.3 is 10.1 Å². The quantitative estimate of drug-likeness (QED) is 0.930. The van der Waals surface area contributed by atoms with Crippen LogP contribution in [0.15, 0.2) is 18.2 Å². The highest BCUT2D eigenvalue weighted by Gasteiger charge is 2.42. The highest BCUT2D eigenvalue weighted by molar-refractivity contribution is 7.92. The lowest BCUT2D eigenvalue weighted by atomic mass is 10.0. The van der Waals surface area contributed by atoms with E-state index in [1.54, 1.807) is 0 Å². The van der Waals surface area contributed by atoms with Gasteiger partial charge in [0.1, 0.15) is 17.1 Å². The SMILES string of the molecule is CC1(COc2cccc3c2CCN3)CCCCS1(=O)=O. The third kappa shape index (κ3) is 2.28. The lowest BCUT2D eigenvalue weighted by Gasteiger charge is -2.33. The number of sulfone groups is 1. The first-order valence-electron chi connectivity index (χ1n) is 7.23. The third-order valence-electron chi connectivity index (χ3n) is 4.48. The molecule has 1 fully saturated rings. The van der Waals surface area contributed by atoms with Crippen LogP contribution in [0, 0.1) is 0 Å². The number of benzene rings is 1. The Bertz CT molecular complexity index is 612. The maximum atomic E-state index is 12.3. The van der Waals surface area contributed by atoms with E-state index >= 15 is 0 Å². The summed E-state index contributed by atoms with van der Waals surface area (Å²) in [6.45, 7) is 3.00. The Hall–Kier alpha value is -1.23. The molecular formula is C15H21NO3S. The van der Waals surface area contributed by atoms with Gasteiger partial charge in [0.15, 0.2) is 9.84 Å². The normalized spacial score (nSPS) is 27.6. The predicted molar refractivity (Wildman–Crippen MR) is 80.2 cm³/mol. The lowest BCUT2D eigenvalue weighted by Crippen LogP contribution is -2.45. The van der Waals surface area contributed by atoms with Crippen LogP contribution in [0.3, 0.4) is 0 Å². The minimum Gasteiger partial charge on any atom is -0.492 e. The molecule has 4 nitrogen and oxygen atoms in total. The fourth-order valence-electron chi connectivity index (χ4n) is 3.03. The first kappa shape index (κ1) is 13.7. The highest BCUT2D eigenvalue weighted by atomic mass is 32.2. The van der Waals surface area contributed by atoms with Crippen molar-refractivity contribution >= 4 is 15.5 Å². The van der Waals surface area contributed by atoms with E-state index in [4.69, 9.17) is 4.74 Å². The largest absolute Gasteiger partial charge is 0.492 e. The minimum atomic E-state index is -3.05. The van der Waals surface area contributed by atoms with Crippen LogP contribution in [-0.2, 0) is 16.3 Å². The van der Waals surface area contributed by atoms with E-state index in [1.165, 1.54) is 5.56 Å². The Morgan fingerprint density at radius 1 is 1.35 bits per heavy atom. The molecule has 1 aromatic rings. The lowest BCUT2D eigenvalue weighted by molar-refractivity contribution is 0.255. The highest BCUT2D eigenvalue weighted by Crippen LogP contribution is 2.34. The van der Waals surface area contributed by atoms with Gasteiger partial charge in [-0.15, -0.1) is 0 Å². The number of fused-ring (bicyclic) bond motifs is 1. The van der Waals surface area contributed by atoms with Gasteiger partial charge in [-0.3, -0.25) is 0 Å². The second-order valence-electron chi connectivity index (χ2n) is 5.97. The van der Waals surface area contributed by atoms with Gasteiger partial charge in [0, 0.05) is 17.8 Å². The molecule has 1 unspecified atom stereocenters. The fraction of sp³-hybridized carbons (Fsp3) is 0.600. The summed E-state index contributed by atoms with van der Waals surface area (Å²) >= 11 is 0. The van der Waals surface area contributed by atoms with E-state index in [-0.39, 0.29) is 6.61 Å². The Morgan fingerprint density at radius 3 is 3.00 bits per heavy atom. The van der Waals surface area contributed by atoms with Gasteiger partial charge in [-0.1, -0.05) is 12.5 Å². The van der Waals surface area contributed by atoms with Crippen LogP contribution >= 0.6 is 0 Å². The first-order valence-corrected chi connectivity index (χ1v) is 8.88. The molecule has 1 atom stereocenters. The maximum absolute atomic E-state index is 12.3. The summed E-state index contributed by atoms with van der Waals surface area (Å²) in [5.74, 6) is 1.12. The van der Waals surface area contributed by atoms with Gasteiger partial charge in [0.2, 0.25) is 0 Å². The minimum absolute atomic E-state index is 0.256. The van der Waals surface area contributed by atoms with Crippen LogP contribution in [0.2, 0.25) is 0 Å². The molecule has 110 valence electrons. The van der Waals surface area contributed by atoms with Crippen LogP contribution in [0.25, 0.3) is 0 Å². The molecule has 0 amide bonds. The Balaban J connectivity index is 1.78. The number of nitrogens with one attached hydrogen (secondary N) is 1. The predicted octanol–water partition coefficient (Wildman–Crippen LogP) is 2.39. The molecule has 0 saturated carbocycles. The zero-order valence-electron chi connectivity index (χ0n) is 11.8. The summed E-state index contributed by atoms with van der Waals surface area (Å²) in [6, 6.07) is 5.92. The molecular weight excluding hydrogens is 274 g/mol. The van der Waals surface area contributed by atoms with Crippen molar-refractivity contribution in [3.8, 4) is 5.75 Å². The van der Waals surface area contributed by atoms with Crippen molar-refractivity contribution in [2.75, 3.05) is 24.2 Å². The number of rotatable bonds is 3. The second-order valence-corrected chi connectivity index (χ2v) is 8.60. The second kappa shape index (κ2) is 4.95. The number of hydrogen-bond acceptors (Lipinski definition) is 4. The van der Waals surface area contributed by atoms with Crippen LogP contribution in [-0.4, -0.2) is 32.1 Å². The number of ether oxygens (including phenoxy) is 1. The molecule has 0 spiro atoms. The Morgan fingerprint density at radius 2 is 2.20 bits per heavy atom. The topological polar surface area (TPSA) is 55.4 Å². The molecule has 2 aliphatic rings. The van der Waals surface area contributed by atoms with Gasteiger partial charge >= 0.3 is 0 Å². The zero-order chi connectivity index (χ0) is 14.2. The first-order chi connectivity index (χ1) is 9.52. The Labute approximate surface area is 120 Å². The summed E-state index contributed by atoms with van der Waals surface area (Å²) in [7, 11) is -3.05. The zero-order valence-corrected chi connectivity index (χ0v) is 12.6. The summed E-state index contributed by atoms with van der Waals surface area (Å²) < 4.78 is 29.7. The molecule has 20 heavy (non-hydrogen) atoms. The molecule has 1 saturated heterocycles. The van der Waals surface area contributed by atoms with Gasteiger partial charge in [0.25, 0.3) is 0 Å². The molecule has 3 rings (SSSR count). The van der Waals surface area contributed by atoms with Gasteiger partial charge in [-0.2, -0.15) is 0 Å². The summed E-state index contributed by atoms with van der Waals surface area (Å²) in [5.41, 5.74) is 2.28. The third-order valence-corrected chi connectivity index (χ3v) is 7.13. The number of anilines is 1. The molecule has 0 bridgehead atoms. The molecule has 0 radical (unpaired) electrons. The van der Waals surface area contributed by atoms with E-state index in [9.17, 15) is 8.42 Å². The molecule has 2 heterocycles. The van der Waals surface area contributed by atoms with Crippen molar-refractivity contribution in [3.63, 3.8) is 0 Å². The van der Waals surface area contributed by atoms with E-state index < -0.39 is 14.6 Å². The summed E-state index contributed by atoms with van der Waals surface area (Å²) in [4.78, 5) is 0. The average Bonchev–Trinajstić information content (AvgIpc) is 2.89. The molecule has 5 heteroatoms.